The van der Waals surface area contributed by atoms with Crippen LogP contribution < -0.4 is 17.1 Å². The van der Waals surface area contributed by atoms with E-state index in [1.54, 1.807) is 38.1 Å². The van der Waals surface area contributed by atoms with Gasteiger partial charge in [0.25, 0.3) is 0 Å². The minimum Gasteiger partial charge on any atom is -0.508 e. The van der Waals surface area contributed by atoms with Gasteiger partial charge in [-0.25, -0.2) is 23.5 Å². The van der Waals surface area contributed by atoms with Crippen molar-refractivity contribution in [3.05, 3.63) is 90.1 Å². The van der Waals surface area contributed by atoms with E-state index in [0.717, 1.165) is 9.13 Å². The number of H-pyrrole nitrogens is 1. The number of nitrogens with zero attached hydrogens (tertiary/aromatic N) is 2. The summed E-state index contributed by atoms with van der Waals surface area (Å²) in [5.41, 5.74) is 0.185. The third-order valence-corrected chi connectivity index (χ3v) is 4.37. The van der Waals surface area contributed by atoms with Crippen LogP contribution in [0, 0.1) is 13.8 Å². The first kappa shape index (κ1) is 18.2. The number of hydrogen-bond donors (Lipinski definition) is 3. The summed E-state index contributed by atoms with van der Waals surface area (Å²) in [4.78, 5) is 39.2. The average molecular weight is 369 g/mol. The van der Waals surface area contributed by atoms with Crippen molar-refractivity contribution in [3.8, 4) is 11.5 Å². The first-order valence-electron chi connectivity index (χ1n) is 8.27. The largest absolute Gasteiger partial charge is 0.508 e. The third-order valence-electron chi connectivity index (χ3n) is 4.37. The molecule has 0 aliphatic heterocycles. The summed E-state index contributed by atoms with van der Waals surface area (Å²) < 4.78 is 1.86. The number of aryl methyl sites for hydroxylation is 2. The molecule has 0 saturated carbocycles. The number of aromatic hydroxyl groups is 2. The van der Waals surface area contributed by atoms with Crippen molar-refractivity contribution >= 4 is 0 Å². The first-order valence-corrected chi connectivity index (χ1v) is 8.27. The fraction of sp³-hybridized carbons (Fsp3) is 0.211. The summed E-state index contributed by atoms with van der Waals surface area (Å²) in [6.45, 7) is 3.34. The molecular formula is C19H19N3O5. The van der Waals surface area contributed by atoms with Crippen molar-refractivity contribution in [1.29, 1.82) is 0 Å². The van der Waals surface area contributed by atoms with E-state index >= 15 is 0 Å². The van der Waals surface area contributed by atoms with Gasteiger partial charge in [0.15, 0.2) is 0 Å². The zero-order chi connectivity index (χ0) is 19.7. The molecule has 3 aromatic rings. The van der Waals surface area contributed by atoms with Gasteiger partial charge >= 0.3 is 17.1 Å². The van der Waals surface area contributed by atoms with Crippen LogP contribution in [0.3, 0.4) is 0 Å². The summed E-state index contributed by atoms with van der Waals surface area (Å²) in [6, 6.07) is 9.51. The molecule has 0 aliphatic carbocycles. The number of nitrogens with one attached hydrogen (secondary N) is 1. The molecule has 0 aliphatic rings. The molecule has 0 atom stereocenters. The Balaban J connectivity index is 2.03. The van der Waals surface area contributed by atoms with Crippen molar-refractivity contribution in [3.63, 3.8) is 0 Å². The SMILES string of the molecule is Cc1cc(Cn2c(=O)[nH]c(=O)n(Cc3ccc(O)c(C)c3)c2=O)ccc1O. The molecule has 0 saturated heterocycles. The van der Waals surface area contributed by atoms with Gasteiger partial charge in [0.05, 0.1) is 13.1 Å². The normalized spacial score (nSPS) is 10.9. The van der Waals surface area contributed by atoms with Gasteiger partial charge in [-0.3, -0.25) is 4.98 Å². The van der Waals surface area contributed by atoms with Crippen LogP contribution in [0.1, 0.15) is 22.3 Å². The smallest absolute Gasteiger partial charge is 0.336 e. The molecule has 8 heteroatoms. The minimum atomic E-state index is -0.797. The van der Waals surface area contributed by atoms with Gasteiger partial charge in [0, 0.05) is 0 Å². The number of rotatable bonds is 4. The second kappa shape index (κ2) is 6.99. The van der Waals surface area contributed by atoms with Gasteiger partial charge < -0.3 is 10.2 Å². The lowest BCUT2D eigenvalue weighted by Gasteiger charge is -2.11. The zero-order valence-corrected chi connectivity index (χ0v) is 14.9. The lowest BCUT2D eigenvalue weighted by molar-refractivity contribution is 0.470. The highest BCUT2D eigenvalue weighted by Gasteiger charge is 2.12. The van der Waals surface area contributed by atoms with Gasteiger partial charge in [-0.1, -0.05) is 24.3 Å². The quantitative estimate of drug-likeness (QED) is 0.629. The molecule has 1 heterocycles. The Hall–Kier alpha value is -3.55. The van der Waals surface area contributed by atoms with E-state index in [0.29, 0.717) is 22.3 Å². The molecule has 0 fully saturated rings. The van der Waals surface area contributed by atoms with Crippen molar-refractivity contribution in [2.45, 2.75) is 26.9 Å². The van der Waals surface area contributed by atoms with Crippen molar-refractivity contribution in [1.82, 2.24) is 14.1 Å². The second-order valence-electron chi connectivity index (χ2n) is 6.43. The fourth-order valence-electron chi connectivity index (χ4n) is 2.82. The van der Waals surface area contributed by atoms with Crippen LogP contribution in [0.4, 0.5) is 0 Å². The number of phenolic OH excluding ortho intramolecular Hbond substituents is 2. The lowest BCUT2D eigenvalue weighted by atomic mass is 10.1. The molecular weight excluding hydrogens is 350 g/mol. The summed E-state index contributed by atoms with van der Waals surface area (Å²) >= 11 is 0. The Morgan fingerprint density at radius 3 is 1.56 bits per heavy atom. The van der Waals surface area contributed by atoms with E-state index < -0.39 is 17.1 Å². The third kappa shape index (κ3) is 3.69. The molecule has 0 radical (unpaired) electrons. The van der Waals surface area contributed by atoms with Crippen LogP contribution in [0.2, 0.25) is 0 Å². The van der Waals surface area contributed by atoms with Crippen molar-refractivity contribution < 1.29 is 10.2 Å². The maximum Gasteiger partial charge on any atom is 0.336 e. The molecule has 3 N–H and O–H groups in total. The van der Waals surface area contributed by atoms with Crippen LogP contribution in [0.25, 0.3) is 0 Å². The predicted octanol–water partition coefficient (Wildman–Crippen LogP) is 0.823. The number of phenols is 2. The van der Waals surface area contributed by atoms with Gasteiger partial charge in [-0.15, -0.1) is 0 Å². The highest BCUT2D eigenvalue weighted by molar-refractivity contribution is 5.35. The molecule has 3 rings (SSSR count). The maximum atomic E-state index is 12.7. The lowest BCUT2D eigenvalue weighted by Crippen LogP contribution is -2.49. The standard InChI is InChI=1S/C19H19N3O5/c1-11-7-13(3-5-15(11)23)9-21-17(25)20-18(26)22(19(21)27)10-14-4-6-16(24)12(2)8-14/h3-8,23-24H,9-10H2,1-2H3,(H,20,25,26). The number of aromatic amines is 1. The zero-order valence-electron chi connectivity index (χ0n) is 14.9. The Kier molecular flexibility index (Phi) is 4.72. The van der Waals surface area contributed by atoms with E-state index in [1.165, 1.54) is 12.1 Å². The van der Waals surface area contributed by atoms with Gasteiger partial charge in [0.2, 0.25) is 0 Å². The average Bonchev–Trinajstić information content (AvgIpc) is 2.61. The Labute approximate surface area is 153 Å². The molecule has 140 valence electrons. The van der Waals surface area contributed by atoms with Crippen LogP contribution in [-0.2, 0) is 13.1 Å². The maximum absolute atomic E-state index is 12.7. The van der Waals surface area contributed by atoms with E-state index in [4.69, 9.17) is 0 Å². The van der Waals surface area contributed by atoms with E-state index in [1.807, 2.05) is 0 Å². The van der Waals surface area contributed by atoms with E-state index in [9.17, 15) is 24.6 Å². The number of benzene rings is 2. The summed E-state index contributed by atoms with van der Waals surface area (Å²) in [7, 11) is 0. The molecule has 0 amide bonds. The Bertz CT molecular complexity index is 1100. The Morgan fingerprint density at radius 2 is 1.19 bits per heavy atom. The van der Waals surface area contributed by atoms with Gasteiger partial charge in [0.1, 0.15) is 11.5 Å². The molecule has 2 aromatic carbocycles. The summed E-state index contributed by atoms with van der Waals surface area (Å²) in [5.74, 6) is 0.236. The van der Waals surface area contributed by atoms with Crippen molar-refractivity contribution in [2.24, 2.45) is 0 Å². The number of hydrogen-bond acceptors (Lipinski definition) is 5. The summed E-state index contributed by atoms with van der Waals surface area (Å²) in [5, 5.41) is 19.2. The van der Waals surface area contributed by atoms with Crippen LogP contribution in [-0.4, -0.2) is 24.3 Å². The monoisotopic (exact) mass is 369 g/mol. The molecule has 8 nitrogen and oxygen atoms in total. The van der Waals surface area contributed by atoms with Gasteiger partial charge in [-0.05, 0) is 48.2 Å². The highest BCUT2D eigenvalue weighted by Crippen LogP contribution is 2.18. The molecule has 27 heavy (non-hydrogen) atoms. The molecule has 0 unspecified atom stereocenters. The summed E-state index contributed by atoms with van der Waals surface area (Å²) in [6.07, 6.45) is 0. The predicted molar refractivity (Wildman–Crippen MR) is 99.5 cm³/mol. The van der Waals surface area contributed by atoms with E-state index in [2.05, 4.69) is 4.98 Å². The van der Waals surface area contributed by atoms with Crippen LogP contribution in [0.15, 0.2) is 50.8 Å². The first-order chi connectivity index (χ1) is 12.8. The topological polar surface area (TPSA) is 117 Å². The van der Waals surface area contributed by atoms with Crippen LogP contribution in [0.5, 0.6) is 11.5 Å². The Morgan fingerprint density at radius 1 is 0.778 bits per heavy atom. The van der Waals surface area contributed by atoms with Crippen LogP contribution >= 0.6 is 0 Å². The van der Waals surface area contributed by atoms with Gasteiger partial charge in [-0.2, -0.15) is 0 Å². The van der Waals surface area contributed by atoms with Crippen molar-refractivity contribution in [2.75, 3.05) is 0 Å². The fourth-order valence-corrected chi connectivity index (χ4v) is 2.82. The molecule has 0 spiro atoms. The molecule has 0 bridgehead atoms. The van der Waals surface area contributed by atoms with E-state index in [-0.39, 0.29) is 24.6 Å². The second-order valence-corrected chi connectivity index (χ2v) is 6.43. The molecule has 1 aromatic heterocycles. The minimum absolute atomic E-state index is 0.0375. The number of aromatic nitrogens is 3. The highest BCUT2D eigenvalue weighted by atomic mass is 16.3.